The van der Waals surface area contributed by atoms with E-state index in [2.05, 4.69) is 5.32 Å². The molecule has 32 heavy (non-hydrogen) atoms. The Morgan fingerprint density at radius 2 is 1.84 bits per heavy atom. The first-order chi connectivity index (χ1) is 15.9. The van der Waals surface area contributed by atoms with Crippen LogP contribution >= 0.6 is 0 Å². The second-order valence-electron chi connectivity index (χ2n) is 7.07. The number of amides is 1. The van der Waals surface area contributed by atoms with Crippen LogP contribution in [-0.2, 0) is 32.1 Å². The lowest BCUT2D eigenvalue weighted by Crippen LogP contribution is -2.43. The van der Waals surface area contributed by atoms with Gasteiger partial charge < -0.3 is 19.6 Å². The van der Waals surface area contributed by atoms with Gasteiger partial charge in [-0.25, -0.2) is 9.59 Å². The van der Waals surface area contributed by atoms with Crippen molar-refractivity contribution in [3.8, 4) is 0 Å². The van der Waals surface area contributed by atoms with Crippen LogP contribution in [0.15, 0.2) is 60.8 Å². The number of nitrogens with zero attached hydrogens (tertiary/aromatic N) is 1. The lowest BCUT2D eigenvalue weighted by molar-refractivity contribution is -0.143. The van der Waals surface area contributed by atoms with E-state index in [4.69, 9.17) is 10.8 Å². The molecule has 0 aliphatic rings. The molecule has 1 atom stereocenters. The number of rotatable bonds is 9. The number of benzene rings is 2. The highest BCUT2D eigenvalue weighted by atomic mass is 16.6. The summed E-state index contributed by atoms with van der Waals surface area (Å²) in [6.07, 6.45) is -0.239. The molecule has 0 saturated heterocycles. The van der Waals surface area contributed by atoms with Gasteiger partial charge >= 0.3 is 12.1 Å². The normalized spacial score (nSPS) is 12.0. The molecule has 0 fully saturated rings. The van der Waals surface area contributed by atoms with Crippen LogP contribution in [0.2, 0.25) is 0 Å². The minimum absolute atomic E-state index is 0.0447. The van der Waals surface area contributed by atoms with Gasteiger partial charge in [0.1, 0.15) is 20.3 Å². The topological polar surface area (TPSA) is 104 Å². The SMILES string of the molecule is [2H]C(=O)CCC(=O)n1cc(C[C@H](NC(=O)OCc2ccccc2)C(=O)OC)c2ccccc21. The van der Waals surface area contributed by atoms with Crippen LogP contribution in [-0.4, -0.2) is 42.0 Å². The highest BCUT2D eigenvalue weighted by Gasteiger charge is 2.25. The van der Waals surface area contributed by atoms with E-state index in [1.54, 1.807) is 30.5 Å². The third-order valence-corrected chi connectivity index (χ3v) is 4.92. The number of alkyl carbamates (subject to hydrolysis) is 1. The van der Waals surface area contributed by atoms with Crippen LogP contribution in [0.5, 0.6) is 0 Å². The number of methoxy groups -OCH3 is 1. The smallest absolute Gasteiger partial charge is 0.408 e. The molecule has 0 saturated carbocycles. The van der Waals surface area contributed by atoms with Crippen molar-refractivity contribution in [1.82, 2.24) is 9.88 Å². The van der Waals surface area contributed by atoms with E-state index in [1.807, 2.05) is 30.3 Å². The largest absolute Gasteiger partial charge is 0.467 e. The number of hydrogen-bond acceptors (Lipinski definition) is 6. The molecule has 0 spiro atoms. The minimum atomic E-state index is -1.04. The van der Waals surface area contributed by atoms with Crippen molar-refractivity contribution in [3.05, 3.63) is 71.9 Å². The molecule has 0 bridgehead atoms. The van der Waals surface area contributed by atoms with Crippen LogP contribution in [0.4, 0.5) is 4.79 Å². The van der Waals surface area contributed by atoms with E-state index in [0.717, 1.165) is 10.9 Å². The number of fused-ring (bicyclic) bond motifs is 1. The lowest BCUT2D eigenvalue weighted by Gasteiger charge is -2.16. The summed E-state index contributed by atoms with van der Waals surface area (Å²) in [5.74, 6) is -1.00. The lowest BCUT2D eigenvalue weighted by atomic mass is 10.1. The Balaban J connectivity index is 1.78. The molecule has 3 rings (SSSR count). The molecule has 3 aromatic rings. The predicted octanol–water partition coefficient (Wildman–Crippen LogP) is 3.27. The fourth-order valence-electron chi connectivity index (χ4n) is 3.36. The van der Waals surface area contributed by atoms with Crippen molar-refractivity contribution in [3.63, 3.8) is 0 Å². The van der Waals surface area contributed by atoms with Crippen molar-refractivity contribution in [2.75, 3.05) is 7.11 Å². The molecule has 0 aliphatic carbocycles. The fraction of sp³-hybridized carbons (Fsp3) is 0.250. The van der Waals surface area contributed by atoms with Gasteiger partial charge in [-0.2, -0.15) is 0 Å². The molecule has 0 unspecified atom stereocenters. The van der Waals surface area contributed by atoms with Gasteiger partial charge in [-0.05, 0) is 17.2 Å². The summed E-state index contributed by atoms with van der Waals surface area (Å²) in [6, 6.07) is 15.2. The molecule has 1 heterocycles. The molecule has 1 amide bonds. The fourth-order valence-corrected chi connectivity index (χ4v) is 3.36. The molecule has 1 N–H and O–H groups in total. The second kappa shape index (κ2) is 10.9. The van der Waals surface area contributed by atoms with Crippen molar-refractivity contribution >= 4 is 35.1 Å². The number of carbonyl (C=O) groups is 4. The number of aromatic nitrogens is 1. The van der Waals surface area contributed by atoms with Gasteiger partial charge in [0.25, 0.3) is 0 Å². The highest BCUT2D eigenvalue weighted by molar-refractivity contribution is 5.95. The van der Waals surface area contributed by atoms with E-state index in [-0.39, 0.29) is 31.8 Å². The molecular weight excluding hydrogens is 412 g/mol. The van der Waals surface area contributed by atoms with Crippen LogP contribution in [0, 0.1) is 0 Å². The third kappa shape index (κ3) is 5.60. The van der Waals surface area contributed by atoms with Gasteiger partial charge in [-0.1, -0.05) is 48.5 Å². The summed E-state index contributed by atoms with van der Waals surface area (Å²) in [7, 11) is 1.22. The average Bonchev–Trinajstić information content (AvgIpc) is 3.19. The number of para-hydroxylation sites is 1. The zero-order valence-electron chi connectivity index (χ0n) is 18.6. The minimum Gasteiger partial charge on any atom is -0.467 e. The summed E-state index contributed by atoms with van der Waals surface area (Å²) < 4.78 is 18.5. The summed E-state index contributed by atoms with van der Waals surface area (Å²) in [5.41, 5.74) is 2.04. The summed E-state index contributed by atoms with van der Waals surface area (Å²) in [5, 5.41) is 3.25. The van der Waals surface area contributed by atoms with Gasteiger partial charge in [-0.15, -0.1) is 0 Å². The molecule has 1 aromatic heterocycles. The quantitative estimate of drug-likeness (QED) is 0.407. The molecule has 8 heteroatoms. The Morgan fingerprint density at radius 1 is 1.12 bits per heavy atom. The number of carbonyl (C=O) groups excluding carboxylic acids is 4. The Hall–Kier alpha value is -3.94. The molecule has 8 nitrogen and oxygen atoms in total. The van der Waals surface area contributed by atoms with Crippen molar-refractivity contribution < 1.29 is 30.0 Å². The van der Waals surface area contributed by atoms with Crippen LogP contribution in [0.1, 0.15) is 30.1 Å². The van der Waals surface area contributed by atoms with Crippen molar-refractivity contribution in [2.45, 2.75) is 31.9 Å². The predicted molar refractivity (Wildman–Crippen MR) is 117 cm³/mol. The number of ether oxygens (including phenoxy) is 2. The van der Waals surface area contributed by atoms with Crippen LogP contribution < -0.4 is 5.32 Å². The van der Waals surface area contributed by atoms with E-state index in [1.165, 1.54) is 11.7 Å². The van der Waals surface area contributed by atoms with Crippen LogP contribution in [0.3, 0.4) is 0 Å². The van der Waals surface area contributed by atoms with E-state index < -0.39 is 24.4 Å². The number of hydrogen-bond donors (Lipinski definition) is 1. The number of nitrogens with one attached hydrogen (secondary N) is 1. The Kier molecular flexibility index (Phi) is 7.25. The zero-order valence-corrected chi connectivity index (χ0v) is 17.6. The number of esters is 1. The van der Waals surface area contributed by atoms with Gasteiger partial charge in [-0.3, -0.25) is 9.36 Å². The molecule has 166 valence electrons. The average molecular weight is 437 g/mol. The molecule has 0 radical (unpaired) electrons. The summed E-state index contributed by atoms with van der Waals surface area (Å²) in [6.45, 7) is 0.0447. The third-order valence-electron chi connectivity index (χ3n) is 4.92. The Morgan fingerprint density at radius 3 is 2.56 bits per heavy atom. The first-order valence-electron chi connectivity index (χ1n) is 10.6. The van der Waals surface area contributed by atoms with Gasteiger partial charge in [0.15, 0.2) is 0 Å². The van der Waals surface area contributed by atoms with Crippen LogP contribution in [0.25, 0.3) is 10.9 Å². The van der Waals surface area contributed by atoms with Gasteiger partial charge in [0.05, 0.1) is 12.6 Å². The first-order valence-corrected chi connectivity index (χ1v) is 10.1. The first kappa shape index (κ1) is 21.3. The summed E-state index contributed by atoms with van der Waals surface area (Å²) >= 11 is 0. The maximum absolute atomic E-state index is 12.6. The number of aldehydes is 1. The maximum Gasteiger partial charge on any atom is 0.408 e. The molecule has 2 aromatic carbocycles. The zero-order chi connectivity index (χ0) is 23.8. The van der Waals surface area contributed by atoms with E-state index >= 15 is 0 Å². The maximum atomic E-state index is 12.6. The Bertz CT molecular complexity index is 1160. The summed E-state index contributed by atoms with van der Waals surface area (Å²) in [4.78, 5) is 48.2. The Labute approximate surface area is 186 Å². The van der Waals surface area contributed by atoms with Crippen molar-refractivity contribution in [1.29, 1.82) is 0 Å². The van der Waals surface area contributed by atoms with Gasteiger partial charge in [0, 0.05) is 30.8 Å². The van der Waals surface area contributed by atoms with E-state index in [9.17, 15) is 19.2 Å². The van der Waals surface area contributed by atoms with E-state index in [0.29, 0.717) is 11.1 Å². The molecule has 0 aliphatic heterocycles. The molecular formula is C24H24N2O6. The van der Waals surface area contributed by atoms with Gasteiger partial charge in [0.2, 0.25) is 5.91 Å². The second-order valence-corrected chi connectivity index (χ2v) is 7.07. The van der Waals surface area contributed by atoms with Crippen molar-refractivity contribution in [2.24, 2.45) is 0 Å². The monoisotopic (exact) mass is 437 g/mol. The highest BCUT2D eigenvalue weighted by Crippen LogP contribution is 2.23. The standard InChI is InChI=1S/C24H24N2O6/c1-31-23(29)20(25-24(30)32-16-17-8-3-2-4-9-17)14-18-15-26(22(28)12-7-13-27)21-11-6-5-10-19(18)21/h2-6,8-11,13,15,20H,7,12,14,16H2,1H3,(H,25,30)/t20-/m0/s1/i13D.